The number of fused-ring (bicyclic) bond motifs is 5. The molecule has 0 spiro atoms. The zero-order valence-corrected chi connectivity index (χ0v) is 11.8. The van der Waals surface area contributed by atoms with E-state index in [-0.39, 0.29) is 24.0 Å². The number of aromatic hydroxyl groups is 2. The molecule has 1 aromatic heterocycles. The summed E-state index contributed by atoms with van der Waals surface area (Å²) in [5, 5.41) is 21.7. The minimum absolute atomic E-state index is 0.00563. The maximum Gasteiger partial charge on any atom is 0.205 e. The van der Waals surface area contributed by atoms with Crippen molar-refractivity contribution in [2.75, 3.05) is 0 Å². The van der Waals surface area contributed by atoms with E-state index in [0.717, 1.165) is 12.8 Å². The van der Waals surface area contributed by atoms with Crippen molar-refractivity contribution < 1.29 is 14.9 Å². The first-order valence-electron chi connectivity index (χ1n) is 6.35. The van der Waals surface area contributed by atoms with Crippen LogP contribution in [0.3, 0.4) is 0 Å². The van der Waals surface area contributed by atoms with Crippen LogP contribution in [-0.4, -0.2) is 14.8 Å². The summed E-state index contributed by atoms with van der Waals surface area (Å²) in [7, 11) is 0. The number of aromatic nitrogens is 1. The second-order valence-electron chi connectivity index (χ2n) is 5.10. The average molecular weight is 312 g/mol. The van der Waals surface area contributed by atoms with E-state index in [9.17, 15) is 10.2 Å². The van der Waals surface area contributed by atoms with Crippen molar-refractivity contribution in [3.63, 3.8) is 0 Å². The number of benzene rings is 1. The molecule has 4 rings (SSSR count). The average Bonchev–Trinajstić information content (AvgIpc) is 3.06. The van der Waals surface area contributed by atoms with Crippen LogP contribution in [0, 0.1) is 0 Å². The Morgan fingerprint density at radius 3 is 2.20 bits per heavy atom. The Bertz CT molecular complexity index is 692. The van der Waals surface area contributed by atoms with Gasteiger partial charge in [0.1, 0.15) is 0 Å². The fraction of sp³-hybridized carbons (Fsp3) is 0.286. The van der Waals surface area contributed by atoms with Crippen LogP contribution in [0.1, 0.15) is 36.2 Å². The number of halogens is 2. The van der Waals surface area contributed by atoms with Crippen molar-refractivity contribution in [1.29, 1.82) is 0 Å². The zero-order valence-electron chi connectivity index (χ0n) is 10.3. The van der Waals surface area contributed by atoms with E-state index in [1.807, 2.05) is 0 Å². The Kier molecular flexibility index (Phi) is 2.52. The molecule has 1 fully saturated rings. The highest BCUT2D eigenvalue weighted by Gasteiger charge is 2.45. The lowest BCUT2D eigenvalue weighted by Gasteiger charge is -2.11. The minimum Gasteiger partial charge on any atom is -0.494 e. The topological polar surface area (TPSA) is 54.6 Å². The van der Waals surface area contributed by atoms with Gasteiger partial charge in [0, 0.05) is 5.02 Å². The molecule has 0 saturated carbocycles. The van der Waals surface area contributed by atoms with Crippen molar-refractivity contribution in [3.8, 4) is 17.4 Å². The van der Waals surface area contributed by atoms with Gasteiger partial charge in [-0.1, -0.05) is 23.2 Å². The van der Waals surface area contributed by atoms with Gasteiger partial charge in [0.25, 0.3) is 0 Å². The van der Waals surface area contributed by atoms with E-state index >= 15 is 0 Å². The van der Waals surface area contributed by atoms with Crippen LogP contribution < -0.4 is 0 Å². The highest BCUT2D eigenvalue weighted by molar-refractivity contribution is 6.35. The van der Waals surface area contributed by atoms with Crippen LogP contribution in [0.5, 0.6) is 11.8 Å². The summed E-state index contributed by atoms with van der Waals surface area (Å²) in [4.78, 5) is 0. The third-order valence-corrected chi connectivity index (χ3v) is 4.55. The molecule has 2 aliphatic heterocycles. The molecule has 2 N–H and O–H groups in total. The summed E-state index contributed by atoms with van der Waals surface area (Å²) < 4.78 is 7.06. The van der Waals surface area contributed by atoms with E-state index in [0.29, 0.717) is 26.9 Å². The Morgan fingerprint density at radius 1 is 1.05 bits per heavy atom. The Labute approximate surface area is 125 Å². The smallest absolute Gasteiger partial charge is 0.205 e. The molecule has 4 nitrogen and oxygen atoms in total. The fourth-order valence-electron chi connectivity index (χ4n) is 3.17. The molecular weight excluding hydrogens is 301 g/mol. The molecule has 2 aromatic rings. The van der Waals surface area contributed by atoms with Crippen LogP contribution in [-0.2, 0) is 4.74 Å². The largest absolute Gasteiger partial charge is 0.494 e. The normalized spacial score (nSPS) is 23.3. The highest BCUT2D eigenvalue weighted by Crippen LogP contribution is 2.58. The summed E-state index contributed by atoms with van der Waals surface area (Å²) in [5.74, 6) is -0.0113. The van der Waals surface area contributed by atoms with Crippen LogP contribution in [0.4, 0.5) is 0 Å². The molecule has 2 bridgehead atoms. The number of hydrogen-bond donors (Lipinski definition) is 2. The monoisotopic (exact) mass is 311 g/mol. The molecular formula is C14H11Cl2NO3. The lowest BCUT2D eigenvalue weighted by atomic mass is 9.95. The van der Waals surface area contributed by atoms with E-state index in [1.165, 1.54) is 4.57 Å². The molecule has 2 aliphatic rings. The molecule has 0 radical (unpaired) electrons. The summed E-state index contributed by atoms with van der Waals surface area (Å²) in [6.07, 6.45) is 1.47. The number of nitrogens with zero attached hydrogens (tertiary/aromatic N) is 1. The minimum atomic E-state index is -0.131. The standard InChI is InChI=1S/C14H11Cl2NO3/c15-6-1-2-8(7(16)5-6)17-13(18)11-9-3-4-10(20-9)12(11)14(17)19/h1-2,5,9-10,18-19H,3-4H2. The van der Waals surface area contributed by atoms with Gasteiger partial charge in [-0.2, -0.15) is 0 Å². The van der Waals surface area contributed by atoms with Crippen LogP contribution in [0.25, 0.3) is 5.69 Å². The van der Waals surface area contributed by atoms with E-state index < -0.39 is 0 Å². The van der Waals surface area contributed by atoms with Crippen LogP contribution >= 0.6 is 23.2 Å². The van der Waals surface area contributed by atoms with Crippen molar-refractivity contribution in [1.82, 2.24) is 4.57 Å². The van der Waals surface area contributed by atoms with Gasteiger partial charge in [-0.05, 0) is 31.0 Å². The molecule has 1 aromatic carbocycles. The summed E-state index contributed by atoms with van der Waals surface area (Å²) >= 11 is 12.0. The van der Waals surface area contributed by atoms with Crippen molar-refractivity contribution in [2.24, 2.45) is 0 Å². The first kappa shape index (κ1) is 12.4. The summed E-state index contributed by atoms with van der Waals surface area (Å²) in [6, 6.07) is 4.91. The third kappa shape index (κ3) is 1.47. The van der Waals surface area contributed by atoms with Crippen LogP contribution in [0.15, 0.2) is 18.2 Å². The van der Waals surface area contributed by atoms with Crippen molar-refractivity contribution >= 4 is 23.2 Å². The fourth-order valence-corrected chi connectivity index (χ4v) is 3.66. The lowest BCUT2D eigenvalue weighted by molar-refractivity contribution is 0.0683. The van der Waals surface area contributed by atoms with Crippen molar-refractivity contribution in [3.05, 3.63) is 39.4 Å². The molecule has 1 saturated heterocycles. The molecule has 3 heterocycles. The predicted molar refractivity (Wildman–Crippen MR) is 74.9 cm³/mol. The van der Waals surface area contributed by atoms with Gasteiger partial charge in [-0.15, -0.1) is 0 Å². The Hall–Kier alpha value is -1.36. The first-order chi connectivity index (χ1) is 9.58. The van der Waals surface area contributed by atoms with Gasteiger partial charge in [0.15, 0.2) is 0 Å². The quantitative estimate of drug-likeness (QED) is 0.833. The van der Waals surface area contributed by atoms with Gasteiger partial charge in [0.05, 0.1) is 34.0 Å². The SMILES string of the molecule is Oc1c2c(c(O)n1-c1ccc(Cl)cc1Cl)C1CCC2O1. The molecule has 0 aliphatic carbocycles. The first-order valence-corrected chi connectivity index (χ1v) is 7.11. The van der Waals surface area contributed by atoms with Gasteiger partial charge in [-0.3, -0.25) is 0 Å². The highest BCUT2D eigenvalue weighted by atomic mass is 35.5. The lowest BCUT2D eigenvalue weighted by Crippen LogP contribution is -1.97. The maximum atomic E-state index is 10.4. The second-order valence-corrected chi connectivity index (χ2v) is 5.94. The van der Waals surface area contributed by atoms with E-state index in [4.69, 9.17) is 27.9 Å². The predicted octanol–water partition coefficient (Wildman–Crippen LogP) is 4.10. The Morgan fingerprint density at radius 2 is 1.65 bits per heavy atom. The number of rotatable bonds is 1. The molecule has 2 atom stereocenters. The van der Waals surface area contributed by atoms with Gasteiger partial charge < -0.3 is 14.9 Å². The second kappa shape index (κ2) is 4.07. The van der Waals surface area contributed by atoms with Crippen molar-refractivity contribution in [2.45, 2.75) is 25.0 Å². The Balaban J connectivity index is 1.96. The molecule has 104 valence electrons. The molecule has 20 heavy (non-hydrogen) atoms. The molecule has 6 heteroatoms. The van der Waals surface area contributed by atoms with Crippen LogP contribution in [0.2, 0.25) is 10.0 Å². The summed E-state index contributed by atoms with van der Waals surface area (Å²) in [6.45, 7) is 0. The van der Waals surface area contributed by atoms with E-state index in [1.54, 1.807) is 18.2 Å². The van der Waals surface area contributed by atoms with Gasteiger partial charge >= 0.3 is 0 Å². The van der Waals surface area contributed by atoms with E-state index in [2.05, 4.69) is 0 Å². The van der Waals surface area contributed by atoms with Gasteiger partial charge in [0.2, 0.25) is 11.8 Å². The molecule has 2 unspecified atom stereocenters. The maximum absolute atomic E-state index is 10.4. The van der Waals surface area contributed by atoms with Gasteiger partial charge in [-0.25, -0.2) is 4.57 Å². The summed E-state index contributed by atoms with van der Waals surface area (Å²) in [5.41, 5.74) is 1.87. The number of ether oxygens (including phenoxy) is 1. The zero-order chi connectivity index (χ0) is 14.0. The number of hydrogen-bond acceptors (Lipinski definition) is 3. The third-order valence-electron chi connectivity index (χ3n) is 4.01. The molecule has 0 amide bonds.